The van der Waals surface area contributed by atoms with E-state index in [1.54, 1.807) is 0 Å². The largest absolute Gasteiger partial charge is 0.480 e. The van der Waals surface area contributed by atoms with Gasteiger partial charge in [-0.15, -0.1) is 0 Å². The van der Waals surface area contributed by atoms with Gasteiger partial charge in [-0.3, -0.25) is 19.2 Å². The highest BCUT2D eigenvalue weighted by Crippen LogP contribution is 2.22. The number of carboxylic acid groups (broad SMARTS) is 1. The molecule has 2 amide bonds. The minimum Gasteiger partial charge on any atom is -0.480 e. The second kappa shape index (κ2) is 11.7. The molecule has 2 rings (SSSR count). The molecule has 1 fully saturated rings. The van der Waals surface area contributed by atoms with Crippen LogP contribution >= 0.6 is 11.8 Å². The third-order valence-electron chi connectivity index (χ3n) is 5.00. The number of aliphatic carboxylic acids is 1. The van der Waals surface area contributed by atoms with E-state index in [0.717, 1.165) is 17.3 Å². The van der Waals surface area contributed by atoms with Gasteiger partial charge in [-0.05, 0) is 37.7 Å². The molecule has 0 unspecified atom stereocenters. The Labute approximate surface area is 180 Å². The van der Waals surface area contributed by atoms with Crippen LogP contribution in [0, 0.1) is 0 Å². The van der Waals surface area contributed by atoms with E-state index in [0.29, 0.717) is 25.7 Å². The van der Waals surface area contributed by atoms with Crippen molar-refractivity contribution in [3.05, 3.63) is 35.9 Å². The Morgan fingerprint density at radius 1 is 1.23 bits per heavy atom. The van der Waals surface area contributed by atoms with Crippen molar-refractivity contribution in [3.8, 4) is 0 Å². The van der Waals surface area contributed by atoms with Gasteiger partial charge < -0.3 is 20.4 Å². The second-order valence-electron chi connectivity index (χ2n) is 7.31. The first-order valence-corrected chi connectivity index (χ1v) is 10.8. The maximum atomic E-state index is 13.0. The summed E-state index contributed by atoms with van der Waals surface area (Å²) >= 11 is 0.915. The van der Waals surface area contributed by atoms with Crippen molar-refractivity contribution in [1.29, 1.82) is 0 Å². The fraction of sp³-hybridized carbons (Fsp3) is 0.524. The molecular formula is C21H28N2O6S. The molecule has 1 aromatic carbocycles. The monoisotopic (exact) mass is 436 g/mol. The Bertz CT molecular complexity index is 757. The number of aliphatic hydroxyl groups excluding tert-OH is 1. The molecule has 0 aliphatic carbocycles. The van der Waals surface area contributed by atoms with Crippen LogP contribution in [0.15, 0.2) is 30.3 Å². The summed E-state index contributed by atoms with van der Waals surface area (Å²) < 4.78 is 0. The fourth-order valence-electron chi connectivity index (χ4n) is 3.63. The van der Waals surface area contributed by atoms with E-state index in [9.17, 15) is 29.4 Å². The van der Waals surface area contributed by atoms with Gasteiger partial charge in [0.05, 0.1) is 5.25 Å². The maximum Gasteiger partial charge on any atom is 0.323 e. The van der Waals surface area contributed by atoms with E-state index < -0.39 is 35.6 Å². The zero-order valence-corrected chi connectivity index (χ0v) is 17.8. The van der Waals surface area contributed by atoms with Crippen molar-refractivity contribution in [2.75, 3.05) is 13.2 Å². The first-order chi connectivity index (χ1) is 14.3. The molecule has 30 heavy (non-hydrogen) atoms. The Balaban J connectivity index is 2.15. The van der Waals surface area contributed by atoms with Gasteiger partial charge in [-0.1, -0.05) is 42.1 Å². The Morgan fingerprint density at radius 2 is 1.93 bits per heavy atom. The minimum absolute atomic E-state index is 0.153. The zero-order chi connectivity index (χ0) is 22.1. The number of aliphatic hydroxyl groups is 1. The van der Waals surface area contributed by atoms with E-state index >= 15 is 0 Å². The van der Waals surface area contributed by atoms with Crippen LogP contribution in [0.4, 0.5) is 0 Å². The number of rotatable bonds is 9. The number of hydrogen-bond acceptors (Lipinski definition) is 6. The van der Waals surface area contributed by atoms with E-state index in [-0.39, 0.29) is 24.2 Å². The van der Waals surface area contributed by atoms with Crippen molar-refractivity contribution in [1.82, 2.24) is 10.2 Å². The van der Waals surface area contributed by atoms with Crippen molar-refractivity contribution in [3.63, 3.8) is 0 Å². The number of hydrogen-bond donors (Lipinski definition) is 3. The smallest absolute Gasteiger partial charge is 0.323 e. The number of nitrogens with zero attached hydrogens (tertiary/aromatic N) is 1. The zero-order valence-electron chi connectivity index (χ0n) is 17.0. The summed E-state index contributed by atoms with van der Waals surface area (Å²) in [6.07, 6.45) is 2.17. The number of nitrogens with one attached hydrogen (secondary N) is 1. The second-order valence-corrected chi connectivity index (χ2v) is 8.69. The van der Waals surface area contributed by atoms with Crippen LogP contribution in [-0.4, -0.2) is 68.5 Å². The highest BCUT2D eigenvalue weighted by atomic mass is 32.2. The fourth-order valence-corrected chi connectivity index (χ4v) is 4.49. The molecule has 3 atom stereocenters. The molecule has 1 aliphatic rings. The molecule has 0 aromatic heterocycles. The van der Waals surface area contributed by atoms with Gasteiger partial charge in [0, 0.05) is 19.6 Å². The lowest BCUT2D eigenvalue weighted by molar-refractivity contribution is -0.147. The predicted octanol–water partition coefficient (Wildman–Crippen LogP) is 1.21. The van der Waals surface area contributed by atoms with Crippen molar-refractivity contribution in [2.45, 2.75) is 56.4 Å². The van der Waals surface area contributed by atoms with Gasteiger partial charge in [-0.2, -0.15) is 0 Å². The average molecular weight is 437 g/mol. The van der Waals surface area contributed by atoms with Crippen molar-refractivity contribution in [2.24, 2.45) is 0 Å². The Kier molecular flexibility index (Phi) is 9.32. The lowest BCUT2D eigenvalue weighted by Gasteiger charge is -2.30. The van der Waals surface area contributed by atoms with E-state index in [1.807, 2.05) is 30.3 Å². The number of likely N-dealkylation sites (tertiary alicyclic amines) is 1. The number of benzene rings is 1. The van der Waals surface area contributed by atoms with E-state index in [4.69, 9.17) is 0 Å². The first kappa shape index (κ1) is 23.9. The lowest BCUT2D eigenvalue weighted by Crippen LogP contribution is -2.53. The lowest BCUT2D eigenvalue weighted by atomic mass is 10.1. The molecule has 0 radical (unpaired) electrons. The summed E-state index contributed by atoms with van der Waals surface area (Å²) in [5.41, 5.74) is 0.897. The number of carbonyl (C=O) groups is 4. The van der Waals surface area contributed by atoms with Gasteiger partial charge in [0.25, 0.3) is 0 Å². The molecule has 9 heteroatoms. The normalized spacial score (nSPS) is 20.3. The Hall–Kier alpha value is -2.39. The van der Waals surface area contributed by atoms with Crippen LogP contribution in [0.5, 0.6) is 0 Å². The quantitative estimate of drug-likeness (QED) is 0.531. The number of thioether (sulfide) groups is 1. The van der Waals surface area contributed by atoms with E-state index in [2.05, 4.69) is 5.32 Å². The Morgan fingerprint density at radius 3 is 2.53 bits per heavy atom. The molecule has 1 aliphatic heterocycles. The van der Waals surface area contributed by atoms with Crippen molar-refractivity contribution < 1.29 is 29.4 Å². The van der Waals surface area contributed by atoms with Crippen LogP contribution in [0.25, 0.3) is 0 Å². The van der Waals surface area contributed by atoms with Gasteiger partial charge in [0.15, 0.2) is 5.12 Å². The summed E-state index contributed by atoms with van der Waals surface area (Å²) in [5.74, 6) is -2.03. The molecule has 1 heterocycles. The molecular weight excluding hydrogens is 408 g/mol. The molecule has 8 nitrogen and oxygen atoms in total. The number of carbonyl (C=O) groups excluding carboxylic acids is 3. The molecule has 0 spiro atoms. The summed E-state index contributed by atoms with van der Waals surface area (Å²) in [7, 11) is 0. The third-order valence-corrected chi connectivity index (χ3v) is 6.00. The molecule has 0 saturated carbocycles. The van der Waals surface area contributed by atoms with Crippen LogP contribution in [0.2, 0.25) is 0 Å². The summed E-state index contributed by atoms with van der Waals surface area (Å²) in [6, 6.07) is 8.06. The van der Waals surface area contributed by atoms with Gasteiger partial charge in [0.1, 0.15) is 12.6 Å². The standard InChI is InChI=1S/C21H28N2O6S/c1-14(25)30-18(12-15-6-3-2-4-7-15)20(28)22-17-9-5-8-16(10-11-24)23(21(17)29)13-19(26)27/h2-4,6-7,16-18,24H,5,8-13H2,1H3,(H,22,28)(H,26,27)/t16-,17+,18+/m0/s1. The van der Waals surface area contributed by atoms with Crippen LogP contribution in [0.1, 0.15) is 38.2 Å². The van der Waals surface area contributed by atoms with Gasteiger partial charge in [0.2, 0.25) is 11.8 Å². The molecule has 164 valence electrons. The first-order valence-electron chi connectivity index (χ1n) is 9.96. The van der Waals surface area contributed by atoms with Crippen LogP contribution in [-0.2, 0) is 25.6 Å². The summed E-state index contributed by atoms with van der Waals surface area (Å²) in [4.78, 5) is 50.1. The summed E-state index contributed by atoms with van der Waals surface area (Å²) in [6.45, 7) is 0.756. The van der Waals surface area contributed by atoms with Crippen molar-refractivity contribution >= 4 is 34.7 Å². The maximum absolute atomic E-state index is 13.0. The number of carboxylic acids is 1. The van der Waals surface area contributed by atoms with E-state index in [1.165, 1.54) is 11.8 Å². The SMILES string of the molecule is CC(=O)S[C@H](Cc1ccccc1)C(=O)N[C@@H]1CCC[C@@H](CCO)N(CC(=O)O)C1=O. The number of amides is 2. The minimum atomic E-state index is -1.15. The molecule has 1 aromatic rings. The van der Waals surface area contributed by atoms with Crippen LogP contribution in [0.3, 0.4) is 0 Å². The molecule has 0 bridgehead atoms. The highest BCUT2D eigenvalue weighted by molar-refractivity contribution is 8.14. The molecule has 3 N–H and O–H groups in total. The van der Waals surface area contributed by atoms with Crippen LogP contribution < -0.4 is 5.32 Å². The predicted molar refractivity (Wildman–Crippen MR) is 113 cm³/mol. The summed E-state index contributed by atoms with van der Waals surface area (Å²) in [5, 5.41) is 20.3. The topological polar surface area (TPSA) is 124 Å². The van der Waals surface area contributed by atoms with Gasteiger partial charge in [-0.25, -0.2) is 0 Å². The van der Waals surface area contributed by atoms with Gasteiger partial charge >= 0.3 is 5.97 Å². The highest BCUT2D eigenvalue weighted by Gasteiger charge is 2.36. The average Bonchev–Trinajstić information content (AvgIpc) is 2.82. The third kappa shape index (κ3) is 7.14. The molecule has 1 saturated heterocycles.